The number of hydrogen-bond donors (Lipinski definition) is 1. The minimum Gasteiger partial charge on any atom is -0.392 e. The summed E-state index contributed by atoms with van der Waals surface area (Å²) in [6.45, 7) is 6.28. The van der Waals surface area contributed by atoms with Gasteiger partial charge in [-0.25, -0.2) is 0 Å². The molecule has 0 radical (unpaired) electrons. The Labute approximate surface area is 126 Å². The van der Waals surface area contributed by atoms with E-state index < -0.39 is 5.41 Å². The standard InChI is InChI=1S/C15H23N3OS/c1-5-15(6-2,13(16)20)14(19)18(4)10-12-9-7-8-11(3)17-12/h7-9H,5-6,10H2,1-4H3,(H2,16,20). The van der Waals surface area contributed by atoms with E-state index in [9.17, 15) is 4.79 Å². The van der Waals surface area contributed by atoms with E-state index in [-0.39, 0.29) is 10.9 Å². The maximum Gasteiger partial charge on any atom is 0.235 e. The molecule has 0 atom stereocenters. The van der Waals surface area contributed by atoms with Gasteiger partial charge in [-0.2, -0.15) is 0 Å². The van der Waals surface area contributed by atoms with Crippen molar-refractivity contribution in [2.45, 2.75) is 40.2 Å². The third-order valence-electron chi connectivity index (χ3n) is 3.78. The highest BCUT2D eigenvalue weighted by Crippen LogP contribution is 2.29. The molecule has 0 aliphatic rings. The molecule has 1 aromatic heterocycles. The van der Waals surface area contributed by atoms with Crippen LogP contribution in [0.1, 0.15) is 38.1 Å². The summed E-state index contributed by atoms with van der Waals surface area (Å²) in [6, 6.07) is 5.79. The predicted octanol–water partition coefficient (Wildman–Crippen LogP) is 2.44. The van der Waals surface area contributed by atoms with Gasteiger partial charge in [0.15, 0.2) is 0 Å². The number of amides is 1. The summed E-state index contributed by atoms with van der Waals surface area (Å²) in [7, 11) is 1.77. The van der Waals surface area contributed by atoms with Gasteiger partial charge in [0.05, 0.1) is 22.6 Å². The van der Waals surface area contributed by atoms with Crippen LogP contribution in [0.3, 0.4) is 0 Å². The zero-order valence-electron chi connectivity index (χ0n) is 12.6. The average Bonchev–Trinajstić information content (AvgIpc) is 2.40. The van der Waals surface area contributed by atoms with Crippen LogP contribution in [0.2, 0.25) is 0 Å². The summed E-state index contributed by atoms with van der Waals surface area (Å²) in [5.41, 5.74) is 6.88. The Bertz CT molecular complexity index is 498. The first kappa shape index (κ1) is 16.6. The lowest BCUT2D eigenvalue weighted by Crippen LogP contribution is -2.48. The topological polar surface area (TPSA) is 59.2 Å². The van der Waals surface area contributed by atoms with E-state index in [1.165, 1.54) is 0 Å². The zero-order chi connectivity index (χ0) is 15.3. The summed E-state index contributed by atoms with van der Waals surface area (Å²) in [6.07, 6.45) is 1.23. The van der Waals surface area contributed by atoms with Crippen molar-refractivity contribution in [1.82, 2.24) is 9.88 Å². The summed E-state index contributed by atoms with van der Waals surface area (Å²) >= 11 is 5.12. The zero-order valence-corrected chi connectivity index (χ0v) is 13.5. The molecule has 110 valence electrons. The summed E-state index contributed by atoms with van der Waals surface area (Å²) < 4.78 is 0. The largest absolute Gasteiger partial charge is 0.392 e. The highest BCUT2D eigenvalue weighted by Gasteiger charge is 2.40. The normalized spacial score (nSPS) is 11.2. The van der Waals surface area contributed by atoms with Crippen molar-refractivity contribution in [1.29, 1.82) is 0 Å². The predicted molar refractivity (Wildman–Crippen MR) is 85.2 cm³/mol. The van der Waals surface area contributed by atoms with Crippen LogP contribution in [0.5, 0.6) is 0 Å². The quantitative estimate of drug-likeness (QED) is 0.818. The Kier molecular flexibility index (Phi) is 5.62. The van der Waals surface area contributed by atoms with Crippen LogP contribution in [-0.2, 0) is 11.3 Å². The molecule has 0 aliphatic carbocycles. The SMILES string of the molecule is CCC(CC)(C(=O)N(C)Cc1cccc(C)n1)C(N)=S. The van der Waals surface area contributed by atoms with Crippen molar-refractivity contribution < 1.29 is 4.79 Å². The molecular formula is C15H23N3OS. The molecule has 2 N–H and O–H groups in total. The summed E-state index contributed by atoms with van der Waals surface area (Å²) in [5, 5.41) is 0. The number of pyridine rings is 1. The number of thiocarbonyl (C=S) groups is 1. The fraction of sp³-hybridized carbons (Fsp3) is 0.533. The van der Waals surface area contributed by atoms with E-state index in [2.05, 4.69) is 4.98 Å². The average molecular weight is 293 g/mol. The van der Waals surface area contributed by atoms with Crippen LogP contribution in [0.25, 0.3) is 0 Å². The Hall–Kier alpha value is -1.49. The number of hydrogen-bond acceptors (Lipinski definition) is 3. The van der Waals surface area contributed by atoms with E-state index in [1.54, 1.807) is 11.9 Å². The van der Waals surface area contributed by atoms with Gasteiger partial charge in [0.1, 0.15) is 0 Å². The van der Waals surface area contributed by atoms with E-state index in [0.29, 0.717) is 19.4 Å². The third-order valence-corrected chi connectivity index (χ3v) is 4.17. The van der Waals surface area contributed by atoms with Crippen LogP contribution in [-0.4, -0.2) is 27.8 Å². The van der Waals surface area contributed by atoms with Crippen LogP contribution in [0, 0.1) is 12.3 Å². The van der Waals surface area contributed by atoms with Gasteiger partial charge in [-0.15, -0.1) is 0 Å². The molecule has 0 saturated carbocycles. The second-order valence-corrected chi connectivity index (χ2v) is 5.52. The smallest absolute Gasteiger partial charge is 0.235 e. The molecule has 0 spiro atoms. The molecule has 4 nitrogen and oxygen atoms in total. The molecule has 1 amide bonds. The number of aromatic nitrogens is 1. The van der Waals surface area contributed by atoms with Gasteiger partial charge in [0.2, 0.25) is 5.91 Å². The molecule has 0 saturated heterocycles. The number of carbonyl (C=O) groups is 1. The molecule has 1 aromatic rings. The van der Waals surface area contributed by atoms with E-state index in [1.807, 2.05) is 39.0 Å². The monoisotopic (exact) mass is 293 g/mol. The molecule has 1 heterocycles. The number of rotatable bonds is 6. The minimum atomic E-state index is -0.742. The molecule has 20 heavy (non-hydrogen) atoms. The van der Waals surface area contributed by atoms with Gasteiger partial charge in [-0.1, -0.05) is 32.1 Å². The Balaban J connectivity index is 2.93. The van der Waals surface area contributed by atoms with Crippen molar-refractivity contribution in [3.63, 3.8) is 0 Å². The van der Waals surface area contributed by atoms with E-state index >= 15 is 0 Å². The molecule has 5 heteroatoms. The van der Waals surface area contributed by atoms with Crippen LogP contribution in [0.4, 0.5) is 0 Å². The van der Waals surface area contributed by atoms with Gasteiger partial charge in [0, 0.05) is 12.7 Å². The van der Waals surface area contributed by atoms with Crippen LogP contribution >= 0.6 is 12.2 Å². The second-order valence-electron chi connectivity index (χ2n) is 5.08. The lowest BCUT2D eigenvalue weighted by atomic mass is 9.81. The van der Waals surface area contributed by atoms with Crippen molar-refractivity contribution >= 4 is 23.1 Å². The number of carbonyl (C=O) groups excluding carboxylic acids is 1. The highest BCUT2D eigenvalue weighted by atomic mass is 32.1. The number of aryl methyl sites for hydroxylation is 1. The summed E-state index contributed by atoms with van der Waals surface area (Å²) in [4.78, 5) is 19.0. The van der Waals surface area contributed by atoms with Crippen molar-refractivity contribution in [2.24, 2.45) is 11.1 Å². The van der Waals surface area contributed by atoms with Crippen molar-refractivity contribution in [3.8, 4) is 0 Å². The van der Waals surface area contributed by atoms with Crippen LogP contribution < -0.4 is 5.73 Å². The lowest BCUT2D eigenvalue weighted by Gasteiger charge is -2.33. The molecule has 0 aromatic carbocycles. The fourth-order valence-corrected chi connectivity index (χ4v) is 2.75. The molecule has 0 unspecified atom stereocenters. The third kappa shape index (κ3) is 3.33. The first-order valence-corrected chi connectivity index (χ1v) is 7.26. The molecule has 0 fully saturated rings. The number of nitrogens with two attached hydrogens (primary N) is 1. The van der Waals surface area contributed by atoms with Crippen molar-refractivity contribution in [2.75, 3.05) is 7.05 Å². The molecular weight excluding hydrogens is 270 g/mol. The first-order valence-electron chi connectivity index (χ1n) is 6.85. The molecule has 1 rings (SSSR count). The maximum atomic E-state index is 12.7. The first-order chi connectivity index (χ1) is 9.37. The minimum absolute atomic E-state index is 0.0293. The van der Waals surface area contributed by atoms with Gasteiger partial charge in [-0.3, -0.25) is 9.78 Å². The Morgan fingerprint density at radius 2 is 2.00 bits per heavy atom. The van der Waals surface area contributed by atoms with Gasteiger partial charge < -0.3 is 10.6 Å². The van der Waals surface area contributed by atoms with E-state index in [0.717, 1.165) is 11.4 Å². The lowest BCUT2D eigenvalue weighted by molar-refractivity contribution is -0.137. The summed E-state index contributed by atoms with van der Waals surface area (Å²) in [5.74, 6) is -0.0293. The van der Waals surface area contributed by atoms with Gasteiger partial charge in [0.25, 0.3) is 0 Å². The van der Waals surface area contributed by atoms with E-state index in [4.69, 9.17) is 18.0 Å². The van der Waals surface area contributed by atoms with Crippen molar-refractivity contribution in [3.05, 3.63) is 29.6 Å². The van der Waals surface area contributed by atoms with Gasteiger partial charge in [-0.05, 0) is 31.9 Å². The fourth-order valence-electron chi connectivity index (χ4n) is 2.37. The van der Waals surface area contributed by atoms with Crippen LogP contribution in [0.15, 0.2) is 18.2 Å². The Morgan fingerprint density at radius 1 is 1.40 bits per heavy atom. The highest BCUT2D eigenvalue weighted by molar-refractivity contribution is 7.80. The molecule has 0 aliphatic heterocycles. The Morgan fingerprint density at radius 3 is 2.45 bits per heavy atom. The maximum absolute atomic E-state index is 12.7. The van der Waals surface area contributed by atoms with Gasteiger partial charge >= 0.3 is 0 Å². The number of nitrogens with zero attached hydrogens (tertiary/aromatic N) is 2. The molecule has 0 bridgehead atoms. The second kappa shape index (κ2) is 6.79.